The molecule has 0 aliphatic heterocycles. The Labute approximate surface area is 163 Å². The topological polar surface area (TPSA) is 88.6 Å². The van der Waals surface area contributed by atoms with Crippen molar-refractivity contribution in [1.82, 2.24) is 15.6 Å². The number of hydrazone groups is 1. The fourth-order valence-corrected chi connectivity index (χ4v) is 2.44. The van der Waals surface area contributed by atoms with Crippen LogP contribution in [0.25, 0.3) is 11.3 Å². The first kappa shape index (κ1) is 19.2. The second kappa shape index (κ2) is 9.36. The van der Waals surface area contributed by atoms with E-state index in [1.54, 1.807) is 19.4 Å². The van der Waals surface area contributed by atoms with Crippen LogP contribution in [0.15, 0.2) is 59.7 Å². The van der Waals surface area contributed by atoms with E-state index < -0.39 is 0 Å². The SMILES string of the molecule is CCCOc1ccc(C=NNC(=O)c2cc(-c3ccc(OC)cc3)n[nH]2)cc1. The molecule has 0 fully saturated rings. The molecule has 2 N–H and O–H groups in total. The lowest BCUT2D eigenvalue weighted by atomic mass is 10.1. The maximum Gasteiger partial charge on any atom is 0.289 e. The van der Waals surface area contributed by atoms with E-state index in [2.05, 4.69) is 27.6 Å². The van der Waals surface area contributed by atoms with Gasteiger partial charge in [-0.25, -0.2) is 5.43 Å². The van der Waals surface area contributed by atoms with Crippen LogP contribution in [0.5, 0.6) is 11.5 Å². The largest absolute Gasteiger partial charge is 0.497 e. The summed E-state index contributed by atoms with van der Waals surface area (Å²) >= 11 is 0. The standard InChI is InChI=1S/C21H22N4O3/c1-3-12-28-18-8-4-15(5-9-18)14-22-25-21(26)20-13-19(23-24-20)16-6-10-17(27-2)11-7-16/h4-11,13-14H,3,12H2,1-2H3,(H,23,24)(H,25,26). The monoisotopic (exact) mass is 378 g/mol. The number of carbonyl (C=O) groups excluding carboxylic acids is 1. The number of nitrogens with zero attached hydrogens (tertiary/aromatic N) is 2. The third-order valence-electron chi connectivity index (χ3n) is 3.94. The molecule has 2 aromatic carbocycles. The number of carbonyl (C=O) groups is 1. The maximum absolute atomic E-state index is 12.2. The molecule has 28 heavy (non-hydrogen) atoms. The van der Waals surface area contributed by atoms with E-state index in [1.807, 2.05) is 48.5 Å². The number of H-pyrrole nitrogens is 1. The molecule has 7 heteroatoms. The van der Waals surface area contributed by atoms with Gasteiger partial charge in [0.05, 0.1) is 25.6 Å². The van der Waals surface area contributed by atoms with Crippen molar-refractivity contribution in [2.45, 2.75) is 13.3 Å². The van der Waals surface area contributed by atoms with E-state index >= 15 is 0 Å². The van der Waals surface area contributed by atoms with Crippen LogP contribution in [0.4, 0.5) is 0 Å². The van der Waals surface area contributed by atoms with Gasteiger partial charge in [-0.3, -0.25) is 9.89 Å². The summed E-state index contributed by atoms with van der Waals surface area (Å²) in [5.74, 6) is 1.20. The van der Waals surface area contributed by atoms with E-state index in [4.69, 9.17) is 9.47 Å². The van der Waals surface area contributed by atoms with Gasteiger partial charge in [-0.05, 0) is 66.6 Å². The quantitative estimate of drug-likeness (QED) is 0.463. The highest BCUT2D eigenvalue weighted by molar-refractivity contribution is 5.94. The summed E-state index contributed by atoms with van der Waals surface area (Å²) in [4.78, 5) is 12.2. The molecule has 0 radical (unpaired) electrons. The van der Waals surface area contributed by atoms with E-state index in [-0.39, 0.29) is 5.91 Å². The normalized spacial score (nSPS) is 10.8. The number of aromatic nitrogens is 2. The number of hydrogen-bond acceptors (Lipinski definition) is 5. The van der Waals surface area contributed by atoms with Crippen LogP contribution in [-0.2, 0) is 0 Å². The number of hydrogen-bond donors (Lipinski definition) is 2. The number of ether oxygens (including phenoxy) is 2. The molecule has 1 amide bonds. The van der Waals surface area contributed by atoms with Crippen LogP contribution in [0, 0.1) is 0 Å². The maximum atomic E-state index is 12.2. The summed E-state index contributed by atoms with van der Waals surface area (Å²) in [6, 6.07) is 16.6. The summed E-state index contributed by atoms with van der Waals surface area (Å²) in [7, 11) is 1.61. The van der Waals surface area contributed by atoms with Gasteiger partial charge in [0, 0.05) is 5.56 Å². The molecule has 0 bridgehead atoms. The lowest BCUT2D eigenvalue weighted by molar-refractivity contribution is 0.0950. The molecule has 3 rings (SSSR count). The molecule has 7 nitrogen and oxygen atoms in total. The van der Waals surface area contributed by atoms with E-state index in [0.29, 0.717) is 18.0 Å². The Morgan fingerprint density at radius 2 is 1.86 bits per heavy atom. The van der Waals surface area contributed by atoms with Crippen molar-refractivity contribution in [3.8, 4) is 22.8 Å². The number of methoxy groups -OCH3 is 1. The molecule has 0 saturated carbocycles. The van der Waals surface area contributed by atoms with E-state index in [0.717, 1.165) is 29.0 Å². The average molecular weight is 378 g/mol. The first-order valence-corrected chi connectivity index (χ1v) is 8.95. The fraction of sp³-hybridized carbons (Fsp3) is 0.190. The number of aromatic amines is 1. The van der Waals surface area contributed by atoms with Crippen LogP contribution < -0.4 is 14.9 Å². The lowest BCUT2D eigenvalue weighted by Gasteiger charge is -2.03. The minimum Gasteiger partial charge on any atom is -0.497 e. The molecular weight excluding hydrogens is 356 g/mol. The zero-order chi connectivity index (χ0) is 19.8. The Bertz CT molecular complexity index is 931. The van der Waals surface area contributed by atoms with Gasteiger partial charge in [-0.2, -0.15) is 10.2 Å². The predicted molar refractivity (Wildman–Crippen MR) is 108 cm³/mol. The van der Waals surface area contributed by atoms with Gasteiger partial charge >= 0.3 is 0 Å². The van der Waals surface area contributed by atoms with Gasteiger partial charge in [0.2, 0.25) is 0 Å². The zero-order valence-electron chi connectivity index (χ0n) is 15.8. The first-order valence-electron chi connectivity index (χ1n) is 8.95. The molecule has 0 saturated heterocycles. The van der Waals surface area contributed by atoms with Crippen LogP contribution in [0.2, 0.25) is 0 Å². The number of benzene rings is 2. The van der Waals surface area contributed by atoms with Crippen LogP contribution in [0.1, 0.15) is 29.4 Å². The summed E-state index contributed by atoms with van der Waals surface area (Å²) in [6.07, 6.45) is 2.53. The molecule has 0 atom stereocenters. The van der Waals surface area contributed by atoms with Crippen LogP contribution in [-0.4, -0.2) is 36.0 Å². The summed E-state index contributed by atoms with van der Waals surface area (Å²) in [6.45, 7) is 2.75. The second-order valence-corrected chi connectivity index (χ2v) is 6.01. The Kier molecular flexibility index (Phi) is 6.41. The van der Waals surface area contributed by atoms with Crippen molar-refractivity contribution in [3.63, 3.8) is 0 Å². The van der Waals surface area contributed by atoms with Crippen molar-refractivity contribution in [2.24, 2.45) is 5.10 Å². The van der Waals surface area contributed by atoms with Gasteiger partial charge < -0.3 is 9.47 Å². The molecule has 0 spiro atoms. The zero-order valence-corrected chi connectivity index (χ0v) is 15.8. The molecule has 3 aromatic rings. The molecule has 144 valence electrons. The highest BCUT2D eigenvalue weighted by atomic mass is 16.5. The smallest absolute Gasteiger partial charge is 0.289 e. The summed E-state index contributed by atoms with van der Waals surface area (Å²) in [5, 5.41) is 10.9. The minimum absolute atomic E-state index is 0.325. The van der Waals surface area contributed by atoms with Crippen molar-refractivity contribution in [3.05, 3.63) is 65.9 Å². The predicted octanol–water partition coefficient (Wildman–Crippen LogP) is 3.64. The molecule has 1 heterocycles. The fourth-order valence-electron chi connectivity index (χ4n) is 2.44. The highest BCUT2D eigenvalue weighted by Crippen LogP contribution is 2.21. The first-order chi connectivity index (χ1) is 13.7. The average Bonchev–Trinajstić information content (AvgIpc) is 3.23. The van der Waals surface area contributed by atoms with E-state index in [9.17, 15) is 4.79 Å². The Morgan fingerprint density at radius 1 is 1.14 bits per heavy atom. The summed E-state index contributed by atoms with van der Waals surface area (Å²) < 4.78 is 10.7. The Hall–Kier alpha value is -3.61. The number of rotatable bonds is 8. The van der Waals surface area contributed by atoms with Gasteiger partial charge in [0.25, 0.3) is 5.91 Å². The van der Waals surface area contributed by atoms with Crippen LogP contribution in [0.3, 0.4) is 0 Å². The third-order valence-corrected chi connectivity index (χ3v) is 3.94. The van der Waals surface area contributed by atoms with Crippen molar-refractivity contribution in [1.29, 1.82) is 0 Å². The van der Waals surface area contributed by atoms with Crippen molar-refractivity contribution >= 4 is 12.1 Å². The van der Waals surface area contributed by atoms with Gasteiger partial charge in [0.1, 0.15) is 17.2 Å². The highest BCUT2D eigenvalue weighted by Gasteiger charge is 2.10. The van der Waals surface area contributed by atoms with Gasteiger partial charge in [-0.15, -0.1) is 0 Å². The lowest BCUT2D eigenvalue weighted by Crippen LogP contribution is -2.17. The Balaban J connectivity index is 1.57. The molecule has 0 aliphatic carbocycles. The molecular formula is C21H22N4O3. The van der Waals surface area contributed by atoms with Crippen LogP contribution >= 0.6 is 0 Å². The Morgan fingerprint density at radius 3 is 2.54 bits per heavy atom. The van der Waals surface area contributed by atoms with Gasteiger partial charge in [0.15, 0.2) is 0 Å². The molecule has 0 aliphatic rings. The third kappa shape index (κ3) is 4.97. The van der Waals surface area contributed by atoms with Crippen molar-refractivity contribution < 1.29 is 14.3 Å². The number of nitrogens with one attached hydrogen (secondary N) is 2. The minimum atomic E-state index is -0.369. The number of amides is 1. The molecule has 1 aromatic heterocycles. The molecule has 0 unspecified atom stereocenters. The summed E-state index contributed by atoms with van der Waals surface area (Å²) in [5.41, 5.74) is 5.21. The van der Waals surface area contributed by atoms with E-state index in [1.165, 1.54) is 0 Å². The van der Waals surface area contributed by atoms with Gasteiger partial charge in [-0.1, -0.05) is 6.92 Å². The second-order valence-electron chi connectivity index (χ2n) is 6.01. The van der Waals surface area contributed by atoms with Crippen molar-refractivity contribution in [2.75, 3.05) is 13.7 Å².